The summed E-state index contributed by atoms with van der Waals surface area (Å²) in [5.41, 5.74) is 2.34. The van der Waals surface area contributed by atoms with Crippen molar-refractivity contribution < 1.29 is 4.79 Å². The van der Waals surface area contributed by atoms with E-state index in [4.69, 9.17) is 11.6 Å². The second-order valence-corrected chi connectivity index (χ2v) is 6.00. The average molecular weight is 304 g/mol. The lowest BCUT2D eigenvalue weighted by Gasteiger charge is -2.04. The van der Waals surface area contributed by atoms with E-state index in [1.165, 1.54) is 5.56 Å². The van der Waals surface area contributed by atoms with Crippen molar-refractivity contribution >= 4 is 17.5 Å². The molecule has 0 radical (unpaired) electrons. The third-order valence-corrected chi connectivity index (χ3v) is 4.15. The number of nitrogens with one attached hydrogen (secondary N) is 1. The van der Waals surface area contributed by atoms with E-state index in [9.17, 15) is 4.79 Å². The Morgan fingerprint density at radius 2 is 2.19 bits per heavy atom. The van der Waals surface area contributed by atoms with Crippen LogP contribution in [0.15, 0.2) is 36.7 Å². The third-order valence-electron chi connectivity index (χ3n) is 3.90. The zero-order chi connectivity index (χ0) is 14.8. The normalized spacial score (nSPS) is 20.3. The Hall–Kier alpha value is -1.81. The molecule has 1 aromatic heterocycles. The molecule has 1 aliphatic rings. The van der Waals surface area contributed by atoms with E-state index in [0.29, 0.717) is 12.5 Å². The van der Waals surface area contributed by atoms with Gasteiger partial charge in [0.05, 0.1) is 6.20 Å². The molecule has 0 bridgehead atoms. The number of carbonyl (C=O) groups is 1. The highest BCUT2D eigenvalue weighted by Gasteiger charge is 2.43. The minimum atomic E-state index is 0.111. The number of hydrogen-bond acceptors (Lipinski definition) is 2. The average Bonchev–Trinajstić information content (AvgIpc) is 3.16. The molecule has 1 amide bonds. The quantitative estimate of drug-likeness (QED) is 0.922. The van der Waals surface area contributed by atoms with Crippen LogP contribution >= 0.6 is 11.6 Å². The van der Waals surface area contributed by atoms with Crippen LogP contribution in [0.3, 0.4) is 0 Å². The van der Waals surface area contributed by atoms with Gasteiger partial charge in [0.1, 0.15) is 0 Å². The second kappa shape index (κ2) is 5.90. The van der Waals surface area contributed by atoms with Crippen LogP contribution in [0.25, 0.3) is 0 Å². The van der Waals surface area contributed by atoms with Crippen LogP contribution < -0.4 is 5.32 Å². The van der Waals surface area contributed by atoms with E-state index in [1.54, 1.807) is 4.68 Å². The summed E-state index contributed by atoms with van der Waals surface area (Å²) in [6, 6.07) is 7.78. The third kappa shape index (κ3) is 3.45. The fourth-order valence-corrected chi connectivity index (χ4v) is 2.75. The second-order valence-electron chi connectivity index (χ2n) is 5.56. The van der Waals surface area contributed by atoms with Crippen molar-refractivity contribution in [2.75, 3.05) is 6.54 Å². The lowest BCUT2D eigenvalue weighted by atomic mass is 10.1. The molecule has 1 aliphatic carbocycles. The lowest BCUT2D eigenvalue weighted by Crippen LogP contribution is -2.27. The van der Waals surface area contributed by atoms with Gasteiger partial charge in [0, 0.05) is 30.7 Å². The van der Waals surface area contributed by atoms with Gasteiger partial charge in [-0.05, 0) is 42.0 Å². The van der Waals surface area contributed by atoms with Crippen molar-refractivity contribution in [3.8, 4) is 0 Å². The van der Waals surface area contributed by atoms with Gasteiger partial charge in [-0.25, -0.2) is 0 Å². The van der Waals surface area contributed by atoms with Gasteiger partial charge in [0.2, 0.25) is 5.91 Å². The Kier molecular flexibility index (Phi) is 3.97. The number of carbonyl (C=O) groups excluding carboxylic acids is 1. The highest BCUT2D eigenvalue weighted by molar-refractivity contribution is 6.30. The predicted octanol–water partition coefficient (Wildman–Crippen LogP) is 2.54. The van der Waals surface area contributed by atoms with Crippen molar-refractivity contribution in [3.63, 3.8) is 0 Å². The zero-order valence-electron chi connectivity index (χ0n) is 11.9. The maximum absolute atomic E-state index is 12.1. The summed E-state index contributed by atoms with van der Waals surface area (Å²) in [5.74, 6) is 0.611. The molecule has 1 fully saturated rings. The van der Waals surface area contributed by atoms with E-state index in [-0.39, 0.29) is 11.8 Å². The minimum Gasteiger partial charge on any atom is -0.356 e. The molecular formula is C16H18ClN3O. The number of aromatic nitrogens is 2. The number of nitrogens with zero attached hydrogens (tertiary/aromatic N) is 2. The Labute approximate surface area is 129 Å². The first kappa shape index (κ1) is 14.1. The van der Waals surface area contributed by atoms with Crippen LogP contribution in [-0.2, 0) is 18.3 Å². The van der Waals surface area contributed by atoms with Crippen molar-refractivity contribution in [2.24, 2.45) is 13.0 Å². The summed E-state index contributed by atoms with van der Waals surface area (Å²) in [4.78, 5) is 12.1. The molecule has 4 nitrogen and oxygen atoms in total. The van der Waals surface area contributed by atoms with Crippen LogP contribution in [0.5, 0.6) is 0 Å². The number of halogens is 1. The molecule has 110 valence electrons. The fourth-order valence-electron chi connectivity index (χ4n) is 2.63. The summed E-state index contributed by atoms with van der Waals surface area (Å²) in [6.07, 6.45) is 5.55. The van der Waals surface area contributed by atoms with Crippen LogP contribution in [0.1, 0.15) is 23.5 Å². The molecule has 0 saturated heterocycles. The number of hydrogen-bond donors (Lipinski definition) is 1. The molecule has 1 heterocycles. The van der Waals surface area contributed by atoms with E-state index in [1.807, 2.05) is 43.7 Å². The number of aryl methyl sites for hydroxylation is 1. The van der Waals surface area contributed by atoms with Crippen molar-refractivity contribution in [2.45, 2.75) is 18.8 Å². The molecule has 1 saturated carbocycles. The van der Waals surface area contributed by atoms with E-state index >= 15 is 0 Å². The summed E-state index contributed by atoms with van der Waals surface area (Å²) >= 11 is 5.88. The van der Waals surface area contributed by atoms with Gasteiger partial charge in [-0.2, -0.15) is 5.10 Å². The highest BCUT2D eigenvalue weighted by Crippen LogP contribution is 2.47. The Bertz CT molecular complexity index is 635. The molecule has 0 unspecified atom stereocenters. The molecule has 2 aromatic rings. The first-order valence-corrected chi connectivity index (χ1v) is 7.52. The zero-order valence-corrected chi connectivity index (χ0v) is 12.7. The monoisotopic (exact) mass is 303 g/mol. The van der Waals surface area contributed by atoms with Gasteiger partial charge in [0.25, 0.3) is 0 Å². The topological polar surface area (TPSA) is 46.9 Å². The molecule has 1 N–H and O–H groups in total. The SMILES string of the molecule is Cn1cc(CCNC(=O)[C@@H]2C[C@@H]2c2ccc(Cl)cc2)cn1. The first-order chi connectivity index (χ1) is 10.1. The smallest absolute Gasteiger partial charge is 0.223 e. The number of rotatable bonds is 5. The highest BCUT2D eigenvalue weighted by atomic mass is 35.5. The van der Waals surface area contributed by atoms with Crippen LogP contribution in [-0.4, -0.2) is 22.2 Å². The van der Waals surface area contributed by atoms with Gasteiger partial charge in [0.15, 0.2) is 0 Å². The maximum atomic E-state index is 12.1. The lowest BCUT2D eigenvalue weighted by molar-refractivity contribution is -0.122. The van der Waals surface area contributed by atoms with E-state index in [2.05, 4.69) is 10.4 Å². The molecule has 0 spiro atoms. The van der Waals surface area contributed by atoms with Gasteiger partial charge in [-0.3, -0.25) is 9.48 Å². The van der Waals surface area contributed by atoms with E-state index in [0.717, 1.165) is 23.4 Å². The fraction of sp³-hybridized carbons (Fsp3) is 0.375. The minimum absolute atomic E-state index is 0.111. The first-order valence-electron chi connectivity index (χ1n) is 7.14. The van der Waals surface area contributed by atoms with Crippen LogP contribution in [0, 0.1) is 5.92 Å². The van der Waals surface area contributed by atoms with Gasteiger partial charge in [-0.15, -0.1) is 0 Å². The van der Waals surface area contributed by atoms with Gasteiger partial charge >= 0.3 is 0 Å². The molecule has 5 heteroatoms. The summed E-state index contributed by atoms with van der Waals surface area (Å²) < 4.78 is 1.77. The summed E-state index contributed by atoms with van der Waals surface area (Å²) in [6.45, 7) is 0.661. The summed E-state index contributed by atoms with van der Waals surface area (Å²) in [5, 5.41) is 7.86. The Morgan fingerprint density at radius 3 is 2.86 bits per heavy atom. The standard InChI is InChI=1S/C16H18ClN3O/c1-20-10-11(9-19-20)6-7-18-16(21)15-8-14(15)12-2-4-13(17)5-3-12/h2-5,9-10,14-15H,6-8H2,1H3,(H,18,21)/t14-,15-/m1/s1. The number of benzene rings is 1. The molecule has 1 aromatic carbocycles. The molecule has 2 atom stereocenters. The van der Waals surface area contributed by atoms with Crippen LogP contribution in [0.4, 0.5) is 0 Å². The Balaban J connectivity index is 1.46. The predicted molar refractivity (Wildman–Crippen MR) is 82.2 cm³/mol. The van der Waals surface area contributed by atoms with Crippen molar-refractivity contribution in [1.82, 2.24) is 15.1 Å². The number of amides is 1. The van der Waals surface area contributed by atoms with Crippen LogP contribution in [0.2, 0.25) is 5.02 Å². The maximum Gasteiger partial charge on any atom is 0.223 e. The van der Waals surface area contributed by atoms with Gasteiger partial charge in [-0.1, -0.05) is 23.7 Å². The largest absolute Gasteiger partial charge is 0.356 e. The Morgan fingerprint density at radius 1 is 1.43 bits per heavy atom. The van der Waals surface area contributed by atoms with Gasteiger partial charge < -0.3 is 5.32 Å². The van der Waals surface area contributed by atoms with Crippen molar-refractivity contribution in [3.05, 3.63) is 52.8 Å². The molecule has 0 aliphatic heterocycles. The van der Waals surface area contributed by atoms with Crippen molar-refractivity contribution in [1.29, 1.82) is 0 Å². The molecule has 3 rings (SSSR count). The molecule has 21 heavy (non-hydrogen) atoms. The van der Waals surface area contributed by atoms with E-state index < -0.39 is 0 Å². The molecular weight excluding hydrogens is 286 g/mol. The summed E-state index contributed by atoms with van der Waals surface area (Å²) in [7, 11) is 1.89.